The van der Waals surface area contributed by atoms with Crippen LogP contribution in [0.5, 0.6) is 0 Å². The first-order chi connectivity index (χ1) is 9.50. The van der Waals surface area contributed by atoms with Crippen LogP contribution in [0.1, 0.15) is 31.7 Å². The molecule has 1 aromatic carbocycles. The van der Waals surface area contributed by atoms with Crippen molar-refractivity contribution in [2.45, 2.75) is 33.1 Å². The average Bonchev–Trinajstić information content (AvgIpc) is 2.48. The van der Waals surface area contributed by atoms with Gasteiger partial charge in [-0.15, -0.1) is 0 Å². The van der Waals surface area contributed by atoms with Gasteiger partial charge in [-0.25, -0.2) is 0 Å². The predicted molar refractivity (Wildman–Crippen MR) is 84.7 cm³/mol. The number of amides is 1. The molecular weight excluding hydrogens is 295 g/mol. The summed E-state index contributed by atoms with van der Waals surface area (Å²) in [6.45, 7) is 5.62. The van der Waals surface area contributed by atoms with Gasteiger partial charge >= 0.3 is 0 Å². The molecule has 1 aromatic rings. The van der Waals surface area contributed by atoms with Crippen LogP contribution >= 0.6 is 23.2 Å². The van der Waals surface area contributed by atoms with Gasteiger partial charge in [0.25, 0.3) is 0 Å². The van der Waals surface area contributed by atoms with E-state index >= 15 is 0 Å². The first-order valence-corrected chi connectivity index (χ1v) is 7.72. The molecule has 1 fully saturated rings. The van der Waals surface area contributed by atoms with E-state index in [1.165, 1.54) is 0 Å². The van der Waals surface area contributed by atoms with Crippen molar-refractivity contribution in [2.24, 2.45) is 5.41 Å². The summed E-state index contributed by atoms with van der Waals surface area (Å²) in [5, 5.41) is 7.24. The molecule has 1 heterocycles. The number of piperidine rings is 1. The zero-order chi connectivity index (χ0) is 14.8. The minimum atomic E-state index is -0.366. The molecular formula is C15H20Cl2N2O. The van der Waals surface area contributed by atoms with Crippen molar-refractivity contribution in [3.63, 3.8) is 0 Å². The maximum absolute atomic E-state index is 12.7. The Bertz CT molecular complexity index is 511. The van der Waals surface area contributed by atoms with Gasteiger partial charge in [0.2, 0.25) is 5.91 Å². The molecule has 1 saturated heterocycles. The second-order valence-electron chi connectivity index (χ2n) is 5.42. The van der Waals surface area contributed by atoms with Gasteiger partial charge in [0.05, 0.1) is 21.1 Å². The third-order valence-corrected chi connectivity index (χ3v) is 4.96. The number of halogens is 2. The maximum Gasteiger partial charge on any atom is 0.231 e. The zero-order valence-corrected chi connectivity index (χ0v) is 13.4. The molecule has 0 aromatic heterocycles. The summed E-state index contributed by atoms with van der Waals surface area (Å²) in [6, 6.07) is 3.61. The van der Waals surface area contributed by atoms with Crippen LogP contribution in [0.2, 0.25) is 10.0 Å². The van der Waals surface area contributed by atoms with E-state index in [9.17, 15) is 4.79 Å². The SMILES string of the molecule is CCC1(C(=O)Nc2c(Cl)ccc(C)c2Cl)CCCNC1. The van der Waals surface area contributed by atoms with Crippen LogP contribution in [0.25, 0.3) is 0 Å². The Labute approximate surface area is 130 Å². The molecule has 1 aliphatic rings. The molecule has 110 valence electrons. The third-order valence-electron chi connectivity index (χ3n) is 4.15. The number of rotatable bonds is 3. The predicted octanol–water partition coefficient (Wildman–Crippen LogP) is 4.02. The lowest BCUT2D eigenvalue weighted by Crippen LogP contribution is -2.47. The molecule has 2 rings (SSSR count). The Hall–Kier alpha value is -0.770. The van der Waals surface area contributed by atoms with Crippen molar-refractivity contribution >= 4 is 34.8 Å². The van der Waals surface area contributed by atoms with Gasteiger partial charge in [0, 0.05) is 6.54 Å². The van der Waals surface area contributed by atoms with Gasteiger partial charge in [0.1, 0.15) is 0 Å². The lowest BCUT2D eigenvalue weighted by molar-refractivity contribution is -0.126. The normalized spacial score (nSPS) is 22.6. The maximum atomic E-state index is 12.7. The van der Waals surface area contributed by atoms with E-state index < -0.39 is 0 Å². The van der Waals surface area contributed by atoms with Crippen molar-refractivity contribution in [3.8, 4) is 0 Å². The highest BCUT2D eigenvalue weighted by atomic mass is 35.5. The molecule has 0 radical (unpaired) electrons. The Morgan fingerprint density at radius 3 is 2.80 bits per heavy atom. The fourth-order valence-corrected chi connectivity index (χ4v) is 3.11. The number of aryl methyl sites for hydroxylation is 1. The molecule has 5 heteroatoms. The third kappa shape index (κ3) is 2.95. The summed E-state index contributed by atoms with van der Waals surface area (Å²) in [4.78, 5) is 12.7. The highest BCUT2D eigenvalue weighted by Crippen LogP contribution is 2.36. The number of carbonyl (C=O) groups is 1. The standard InChI is InChI=1S/C15H20Cl2N2O/c1-3-15(7-4-8-18-9-15)14(20)19-13-11(16)6-5-10(2)12(13)17/h5-6,18H,3-4,7-9H2,1-2H3,(H,19,20). The number of hydrogen-bond acceptors (Lipinski definition) is 2. The van der Waals surface area contributed by atoms with Crippen LogP contribution in [0.3, 0.4) is 0 Å². The van der Waals surface area contributed by atoms with E-state index in [-0.39, 0.29) is 11.3 Å². The lowest BCUT2D eigenvalue weighted by Gasteiger charge is -2.35. The molecule has 2 N–H and O–H groups in total. The van der Waals surface area contributed by atoms with Gasteiger partial charge in [-0.05, 0) is 44.4 Å². The summed E-state index contributed by atoms with van der Waals surface area (Å²) in [5.74, 6) is 0.00148. The highest BCUT2D eigenvalue weighted by Gasteiger charge is 2.38. The molecule has 1 aliphatic heterocycles. The smallest absolute Gasteiger partial charge is 0.231 e. The second-order valence-corrected chi connectivity index (χ2v) is 6.21. The van der Waals surface area contributed by atoms with Crippen molar-refractivity contribution in [2.75, 3.05) is 18.4 Å². The molecule has 0 saturated carbocycles. The number of hydrogen-bond donors (Lipinski definition) is 2. The molecule has 0 aliphatic carbocycles. The number of carbonyl (C=O) groups excluding carboxylic acids is 1. The molecule has 0 bridgehead atoms. The highest BCUT2D eigenvalue weighted by molar-refractivity contribution is 6.40. The van der Waals surface area contributed by atoms with Crippen molar-refractivity contribution in [1.82, 2.24) is 5.32 Å². The Balaban J connectivity index is 2.25. The topological polar surface area (TPSA) is 41.1 Å². The summed E-state index contributed by atoms with van der Waals surface area (Å²) >= 11 is 12.4. The van der Waals surface area contributed by atoms with Crippen LogP contribution < -0.4 is 10.6 Å². The first-order valence-electron chi connectivity index (χ1n) is 6.97. The van der Waals surface area contributed by atoms with E-state index in [2.05, 4.69) is 10.6 Å². The number of anilines is 1. The fraction of sp³-hybridized carbons (Fsp3) is 0.533. The van der Waals surface area contributed by atoms with Crippen molar-refractivity contribution in [1.29, 1.82) is 0 Å². The van der Waals surface area contributed by atoms with Crippen LogP contribution in [0.4, 0.5) is 5.69 Å². The first kappa shape index (κ1) is 15.6. The summed E-state index contributed by atoms with van der Waals surface area (Å²) in [7, 11) is 0. The number of nitrogens with one attached hydrogen (secondary N) is 2. The lowest BCUT2D eigenvalue weighted by atomic mass is 9.77. The fourth-order valence-electron chi connectivity index (χ4n) is 2.64. The Morgan fingerprint density at radius 1 is 1.45 bits per heavy atom. The molecule has 20 heavy (non-hydrogen) atoms. The molecule has 0 spiro atoms. The van der Waals surface area contributed by atoms with Gasteiger partial charge in [-0.1, -0.05) is 36.2 Å². The monoisotopic (exact) mass is 314 g/mol. The van der Waals surface area contributed by atoms with Crippen LogP contribution in [0, 0.1) is 12.3 Å². The summed E-state index contributed by atoms with van der Waals surface area (Å²) < 4.78 is 0. The number of benzene rings is 1. The minimum Gasteiger partial charge on any atom is -0.323 e. The molecule has 3 nitrogen and oxygen atoms in total. The van der Waals surface area contributed by atoms with Gasteiger partial charge < -0.3 is 10.6 Å². The Kier molecular flexibility index (Phi) is 4.95. The summed E-state index contributed by atoms with van der Waals surface area (Å²) in [6.07, 6.45) is 2.70. The zero-order valence-electron chi connectivity index (χ0n) is 11.9. The van der Waals surface area contributed by atoms with Gasteiger partial charge in [-0.2, -0.15) is 0 Å². The van der Waals surface area contributed by atoms with E-state index in [0.29, 0.717) is 22.3 Å². The van der Waals surface area contributed by atoms with E-state index in [1.807, 2.05) is 19.9 Å². The summed E-state index contributed by atoms with van der Waals surface area (Å²) in [5.41, 5.74) is 1.06. The van der Waals surface area contributed by atoms with Gasteiger partial charge in [-0.3, -0.25) is 4.79 Å². The van der Waals surface area contributed by atoms with Crippen LogP contribution in [-0.2, 0) is 4.79 Å². The van der Waals surface area contributed by atoms with Crippen molar-refractivity contribution in [3.05, 3.63) is 27.7 Å². The van der Waals surface area contributed by atoms with E-state index in [0.717, 1.165) is 31.4 Å². The Morgan fingerprint density at radius 2 is 2.20 bits per heavy atom. The van der Waals surface area contributed by atoms with Crippen molar-refractivity contribution < 1.29 is 4.79 Å². The quantitative estimate of drug-likeness (QED) is 0.884. The van der Waals surface area contributed by atoms with Crippen LogP contribution in [-0.4, -0.2) is 19.0 Å². The molecule has 1 unspecified atom stereocenters. The van der Waals surface area contributed by atoms with Crippen LogP contribution in [0.15, 0.2) is 12.1 Å². The largest absolute Gasteiger partial charge is 0.323 e. The molecule has 1 atom stereocenters. The van der Waals surface area contributed by atoms with E-state index in [4.69, 9.17) is 23.2 Å². The van der Waals surface area contributed by atoms with Gasteiger partial charge in [0.15, 0.2) is 0 Å². The molecule has 1 amide bonds. The minimum absolute atomic E-state index is 0.00148. The second kappa shape index (κ2) is 6.33. The average molecular weight is 315 g/mol. The van der Waals surface area contributed by atoms with E-state index in [1.54, 1.807) is 6.07 Å².